The molecule has 172 valence electrons. The van der Waals surface area contributed by atoms with Gasteiger partial charge in [0.1, 0.15) is 11.4 Å². The maximum absolute atomic E-state index is 13.9. The van der Waals surface area contributed by atoms with Crippen LogP contribution >= 0.6 is 0 Å². The van der Waals surface area contributed by atoms with E-state index in [9.17, 15) is 18.0 Å². The number of carbonyl (C=O) groups excluding carboxylic acids is 1. The van der Waals surface area contributed by atoms with Crippen LogP contribution in [0.15, 0.2) is 54.7 Å². The summed E-state index contributed by atoms with van der Waals surface area (Å²) in [5.74, 6) is 0.594. The summed E-state index contributed by atoms with van der Waals surface area (Å²) in [5.41, 5.74) is 1.73. The third-order valence-electron chi connectivity index (χ3n) is 5.82. The fourth-order valence-corrected chi connectivity index (χ4v) is 4.14. The highest BCUT2D eigenvalue weighted by atomic mass is 19.4. The molecule has 1 aromatic heterocycles. The van der Waals surface area contributed by atoms with Crippen LogP contribution in [0.1, 0.15) is 40.0 Å². The first-order valence-corrected chi connectivity index (χ1v) is 10.5. The fraction of sp³-hybridized carbons (Fsp3) is 0.304. The molecule has 0 radical (unpaired) electrons. The molecule has 2 aliphatic heterocycles. The molecule has 7 nitrogen and oxygen atoms in total. The van der Waals surface area contributed by atoms with Crippen LogP contribution in [-0.4, -0.2) is 35.2 Å². The number of anilines is 1. The number of halogens is 3. The van der Waals surface area contributed by atoms with Gasteiger partial charge in [-0.25, -0.2) is 4.68 Å². The number of carbonyl (C=O) groups is 1. The number of benzene rings is 2. The van der Waals surface area contributed by atoms with Crippen molar-refractivity contribution in [3.63, 3.8) is 0 Å². The van der Waals surface area contributed by atoms with Gasteiger partial charge >= 0.3 is 6.18 Å². The van der Waals surface area contributed by atoms with Crippen molar-refractivity contribution >= 4 is 11.7 Å². The number of aromatic nitrogens is 2. The average molecular weight is 458 g/mol. The van der Waals surface area contributed by atoms with Crippen LogP contribution in [0.2, 0.25) is 0 Å². The minimum Gasteiger partial charge on any atom is -0.454 e. The van der Waals surface area contributed by atoms with E-state index < -0.39 is 24.2 Å². The van der Waals surface area contributed by atoms with Gasteiger partial charge in [-0.2, -0.15) is 18.3 Å². The van der Waals surface area contributed by atoms with E-state index in [4.69, 9.17) is 9.47 Å². The van der Waals surface area contributed by atoms with Gasteiger partial charge in [-0.3, -0.25) is 4.79 Å². The van der Waals surface area contributed by atoms with E-state index in [-0.39, 0.29) is 24.6 Å². The van der Waals surface area contributed by atoms with Crippen molar-refractivity contribution in [3.05, 3.63) is 71.4 Å². The Labute approximate surface area is 187 Å². The standard InChI is InChI=1S/C23H21F3N4O3/c24-23(25,26)20-11-17(15-6-7-18-19(10-15)33-13-32-18)29-21-16(12-28-30(20)21)22(31)27-9-8-14-4-2-1-3-5-14/h1-7,10,12,17,20,29H,8-9,11,13H2,(H,27,31)/t17-,20-/m0/s1. The summed E-state index contributed by atoms with van der Waals surface area (Å²) in [4.78, 5) is 12.8. The molecule has 2 aromatic carbocycles. The van der Waals surface area contributed by atoms with Gasteiger partial charge in [0.05, 0.1) is 12.2 Å². The largest absolute Gasteiger partial charge is 0.454 e. The number of nitrogens with one attached hydrogen (secondary N) is 2. The highest BCUT2D eigenvalue weighted by Gasteiger charge is 2.47. The molecule has 3 heterocycles. The molecular weight excluding hydrogens is 437 g/mol. The van der Waals surface area contributed by atoms with E-state index in [2.05, 4.69) is 15.7 Å². The van der Waals surface area contributed by atoms with E-state index in [0.29, 0.717) is 30.0 Å². The van der Waals surface area contributed by atoms with Crippen LogP contribution in [0.3, 0.4) is 0 Å². The molecular formula is C23H21F3N4O3. The quantitative estimate of drug-likeness (QED) is 0.598. The summed E-state index contributed by atoms with van der Waals surface area (Å²) in [7, 11) is 0. The van der Waals surface area contributed by atoms with Gasteiger partial charge in [-0.15, -0.1) is 0 Å². The molecule has 2 aliphatic rings. The van der Waals surface area contributed by atoms with Gasteiger partial charge in [0.25, 0.3) is 5.91 Å². The van der Waals surface area contributed by atoms with Crippen LogP contribution in [-0.2, 0) is 6.42 Å². The highest BCUT2D eigenvalue weighted by Crippen LogP contribution is 2.45. The molecule has 0 bridgehead atoms. The van der Waals surface area contributed by atoms with E-state index in [1.54, 1.807) is 18.2 Å². The molecule has 2 N–H and O–H groups in total. The Kier molecular flexibility index (Phi) is 5.35. The van der Waals surface area contributed by atoms with Gasteiger partial charge in [0.2, 0.25) is 6.79 Å². The molecule has 0 saturated carbocycles. The summed E-state index contributed by atoms with van der Waals surface area (Å²) in [6.45, 7) is 0.421. The monoisotopic (exact) mass is 458 g/mol. The van der Waals surface area contributed by atoms with E-state index >= 15 is 0 Å². The maximum atomic E-state index is 13.9. The van der Waals surface area contributed by atoms with Gasteiger partial charge in [0, 0.05) is 13.0 Å². The zero-order chi connectivity index (χ0) is 23.0. The molecule has 0 saturated heterocycles. The number of fused-ring (bicyclic) bond motifs is 2. The molecule has 1 amide bonds. The van der Waals surface area contributed by atoms with Crippen molar-refractivity contribution in [3.8, 4) is 11.5 Å². The van der Waals surface area contributed by atoms with E-state index in [1.165, 1.54) is 6.20 Å². The summed E-state index contributed by atoms with van der Waals surface area (Å²) in [6.07, 6.45) is -3.01. The highest BCUT2D eigenvalue weighted by molar-refractivity contribution is 5.98. The van der Waals surface area contributed by atoms with Crippen molar-refractivity contribution in [1.29, 1.82) is 0 Å². The maximum Gasteiger partial charge on any atom is 0.410 e. The Morgan fingerprint density at radius 1 is 1.15 bits per heavy atom. The molecule has 5 rings (SSSR count). The van der Waals surface area contributed by atoms with Crippen LogP contribution < -0.4 is 20.1 Å². The third kappa shape index (κ3) is 4.20. The van der Waals surface area contributed by atoms with Crippen LogP contribution in [0.4, 0.5) is 19.0 Å². The summed E-state index contributed by atoms with van der Waals surface area (Å²) >= 11 is 0. The van der Waals surface area contributed by atoms with Crippen LogP contribution in [0.25, 0.3) is 0 Å². The number of hydrogen-bond donors (Lipinski definition) is 2. The third-order valence-corrected chi connectivity index (χ3v) is 5.82. The number of alkyl halides is 3. The lowest BCUT2D eigenvalue weighted by atomic mass is 9.96. The second kappa shape index (κ2) is 8.34. The minimum absolute atomic E-state index is 0.0449. The number of amides is 1. The molecule has 0 aliphatic carbocycles. The Morgan fingerprint density at radius 3 is 2.73 bits per heavy atom. The Hall–Kier alpha value is -3.69. The second-order valence-electron chi connectivity index (χ2n) is 7.95. The van der Waals surface area contributed by atoms with Crippen molar-refractivity contribution in [2.24, 2.45) is 0 Å². The SMILES string of the molecule is O=C(NCCc1ccccc1)c1cnn2c1N[C@H](c1ccc3c(c1)OCO3)C[C@H]2C(F)(F)F. The number of ether oxygens (including phenoxy) is 2. The predicted molar refractivity (Wildman–Crippen MR) is 113 cm³/mol. The average Bonchev–Trinajstić information content (AvgIpc) is 3.44. The summed E-state index contributed by atoms with van der Waals surface area (Å²) in [6, 6.07) is 12.1. The zero-order valence-electron chi connectivity index (χ0n) is 17.4. The van der Waals surface area contributed by atoms with Gasteiger partial charge in [0.15, 0.2) is 17.5 Å². The molecule has 33 heavy (non-hydrogen) atoms. The molecule has 10 heteroatoms. The Balaban J connectivity index is 1.38. The van der Waals surface area contributed by atoms with E-state index in [1.807, 2.05) is 30.3 Å². The number of nitrogens with zero attached hydrogens (tertiary/aromatic N) is 2. The lowest BCUT2D eigenvalue weighted by Crippen LogP contribution is -2.36. The van der Waals surface area contributed by atoms with Crippen molar-refractivity contribution in [1.82, 2.24) is 15.1 Å². The number of rotatable bonds is 5. The zero-order valence-corrected chi connectivity index (χ0v) is 17.4. The minimum atomic E-state index is -4.53. The van der Waals surface area contributed by atoms with Gasteiger partial charge in [-0.05, 0) is 29.7 Å². The predicted octanol–water partition coefficient (Wildman–Crippen LogP) is 4.24. The number of hydrogen-bond acceptors (Lipinski definition) is 5. The lowest BCUT2D eigenvalue weighted by Gasteiger charge is -2.34. The van der Waals surface area contributed by atoms with Crippen molar-refractivity contribution in [2.45, 2.75) is 31.1 Å². The fourth-order valence-electron chi connectivity index (χ4n) is 4.14. The normalized spacial score (nSPS) is 19.0. The smallest absolute Gasteiger partial charge is 0.410 e. The van der Waals surface area contributed by atoms with Crippen molar-refractivity contribution < 1.29 is 27.4 Å². The van der Waals surface area contributed by atoms with Crippen LogP contribution in [0.5, 0.6) is 11.5 Å². The molecule has 0 unspecified atom stereocenters. The van der Waals surface area contributed by atoms with Crippen molar-refractivity contribution in [2.75, 3.05) is 18.7 Å². The van der Waals surface area contributed by atoms with Gasteiger partial charge in [-0.1, -0.05) is 36.4 Å². The second-order valence-corrected chi connectivity index (χ2v) is 7.95. The lowest BCUT2D eigenvalue weighted by molar-refractivity contribution is -0.173. The first kappa shape index (κ1) is 21.2. The van der Waals surface area contributed by atoms with Gasteiger partial charge < -0.3 is 20.1 Å². The topological polar surface area (TPSA) is 77.4 Å². The Bertz CT molecular complexity index is 1160. The molecule has 2 atom stereocenters. The Morgan fingerprint density at radius 2 is 1.94 bits per heavy atom. The van der Waals surface area contributed by atoms with Crippen LogP contribution in [0, 0.1) is 0 Å². The first-order chi connectivity index (χ1) is 15.9. The summed E-state index contributed by atoms with van der Waals surface area (Å²) < 4.78 is 53.2. The first-order valence-electron chi connectivity index (χ1n) is 10.5. The molecule has 0 spiro atoms. The summed E-state index contributed by atoms with van der Waals surface area (Å²) in [5, 5.41) is 9.77. The molecule has 3 aromatic rings. The molecule has 0 fully saturated rings. The van der Waals surface area contributed by atoms with E-state index in [0.717, 1.165) is 10.2 Å².